The van der Waals surface area contributed by atoms with E-state index in [1.165, 1.54) is 23.5 Å². The highest BCUT2D eigenvalue weighted by Gasteiger charge is 2.12. The van der Waals surface area contributed by atoms with Gasteiger partial charge in [-0.05, 0) is 42.5 Å². The first kappa shape index (κ1) is 16.5. The van der Waals surface area contributed by atoms with Crippen LogP contribution in [0.4, 0.5) is 9.18 Å². The van der Waals surface area contributed by atoms with Gasteiger partial charge in [0.05, 0.1) is 6.54 Å². The molecule has 2 aromatic rings. The summed E-state index contributed by atoms with van der Waals surface area (Å²) in [5.74, 6) is -0.284. The molecule has 0 aliphatic carbocycles. The van der Waals surface area contributed by atoms with Gasteiger partial charge in [-0.1, -0.05) is 18.2 Å². The van der Waals surface area contributed by atoms with Gasteiger partial charge in [-0.3, -0.25) is 0 Å². The summed E-state index contributed by atoms with van der Waals surface area (Å²) in [6, 6.07) is 9.50. The lowest BCUT2D eigenvalue weighted by Gasteiger charge is -2.16. The summed E-state index contributed by atoms with van der Waals surface area (Å²) >= 11 is 1.44. The maximum Gasteiger partial charge on any atom is 0.315 e. The van der Waals surface area contributed by atoms with E-state index in [0.717, 1.165) is 10.4 Å². The number of nitrogens with one attached hydrogen (secondary N) is 2. The third-order valence-corrected chi connectivity index (χ3v) is 4.11. The maximum absolute atomic E-state index is 13.1. The molecule has 118 valence electrons. The number of aliphatic hydroxyl groups is 1. The van der Waals surface area contributed by atoms with E-state index in [2.05, 4.69) is 10.6 Å². The van der Waals surface area contributed by atoms with E-state index < -0.39 is 6.10 Å². The third kappa shape index (κ3) is 5.13. The quantitative estimate of drug-likeness (QED) is 0.766. The Bertz CT molecular complexity index is 604. The molecular weight excluding hydrogens is 303 g/mol. The summed E-state index contributed by atoms with van der Waals surface area (Å²) in [5.41, 5.74) is 0.825. The Morgan fingerprint density at radius 3 is 2.86 bits per heavy atom. The molecule has 1 aromatic heterocycles. The molecule has 3 N–H and O–H groups in total. The largest absolute Gasteiger partial charge is 0.386 e. The standard InChI is InChI=1S/C16H19FN2O2S/c1-11(8-12-4-2-5-13(17)9-12)19-16(21)18-10-14(20)15-6-3-7-22-15/h2-7,9,11,14,20H,8,10H2,1H3,(H2,18,19,21)/t11-,14+/m0/s1. The first-order valence-corrected chi connectivity index (χ1v) is 7.93. The van der Waals surface area contributed by atoms with E-state index in [1.54, 1.807) is 6.07 Å². The molecule has 0 bridgehead atoms. The van der Waals surface area contributed by atoms with E-state index >= 15 is 0 Å². The number of carbonyl (C=O) groups excluding carboxylic acids is 1. The number of amides is 2. The van der Waals surface area contributed by atoms with Gasteiger partial charge in [0, 0.05) is 10.9 Å². The minimum Gasteiger partial charge on any atom is -0.386 e. The van der Waals surface area contributed by atoms with Crippen LogP contribution >= 0.6 is 11.3 Å². The number of carbonyl (C=O) groups is 1. The molecule has 22 heavy (non-hydrogen) atoms. The molecule has 0 aliphatic rings. The Morgan fingerprint density at radius 2 is 2.18 bits per heavy atom. The highest BCUT2D eigenvalue weighted by atomic mass is 32.1. The average Bonchev–Trinajstić information content (AvgIpc) is 2.98. The Kier molecular flexibility index (Phi) is 5.91. The van der Waals surface area contributed by atoms with Crippen LogP contribution in [-0.4, -0.2) is 23.7 Å². The van der Waals surface area contributed by atoms with Gasteiger partial charge >= 0.3 is 6.03 Å². The fourth-order valence-corrected chi connectivity index (χ4v) is 2.83. The highest BCUT2D eigenvalue weighted by Crippen LogP contribution is 2.17. The summed E-state index contributed by atoms with van der Waals surface area (Å²) in [7, 11) is 0. The molecule has 2 rings (SSSR count). The number of thiophene rings is 1. The molecule has 2 amide bonds. The van der Waals surface area contributed by atoms with Crippen LogP contribution in [0, 0.1) is 5.82 Å². The Hall–Kier alpha value is -1.92. The average molecular weight is 322 g/mol. The Balaban J connectivity index is 1.74. The third-order valence-electron chi connectivity index (χ3n) is 3.14. The fraction of sp³-hybridized carbons (Fsp3) is 0.312. The molecule has 0 saturated heterocycles. The molecule has 0 radical (unpaired) electrons. The van der Waals surface area contributed by atoms with Crippen molar-refractivity contribution in [1.29, 1.82) is 0 Å². The number of hydrogen-bond acceptors (Lipinski definition) is 3. The predicted molar refractivity (Wildman–Crippen MR) is 85.4 cm³/mol. The van der Waals surface area contributed by atoms with Gasteiger partial charge in [-0.25, -0.2) is 9.18 Å². The first-order chi connectivity index (χ1) is 10.5. The number of halogens is 1. The van der Waals surface area contributed by atoms with E-state index in [0.29, 0.717) is 6.42 Å². The smallest absolute Gasteiger partial charge is 0.315 e. The first-order valence-electron chi connectivity index (χ1n) is 7.05. The molecule has 0 spiro atoms. The number of urea groups is 1. The summed E-state index contributed by atoms with van der Waals surface area (Å²) < 4.78 is 13.1. The molecular formula is C16H19FN2O2S. The number of hydrogen-bond donors (Lipinski definition) is 3. The summed E-state index contributed by atoms with van der Waals surface area (Å²) in [4.78, 5) is 12.6. The van der Waals surface area contributed by atoms with Crippen LogP contribution in [0.25, 0.3) is 0 Å². The molecule has 0 aliphatic heterocycles. The zero-order chi connectivity index (χ0) is 15.9. The number of rotatable bonds is 6. The van der Waals surface area contributed by atoms with E-state index in [1.807, 2.05) is 30.5 Å². The lowest BCUT2D eigenvalue weighted by Crippen LogP contribution is -2.43. The molecule has 1 aromatic carbocycles. The lowest BCUT2D eigenvalue weighted by molar-refractivity contribution is 0.176. The normalized spacial score (nSPS) is 13.4. The molecule has 0 fully saturated rings. The summed E-state index contributed by atoms with van der Waals surface area (Å²) in [6.45, 7) is 2.00. The van der Waals surface area contributed by atoms with Crippen LogP contribution in [0.5, 0.6) is 0 Å². The van der Waals surface area contributed by atoms with Crippen molar-refractivity contribution in [3.63, 3.8) is 0 Å². The minimum atomic E-state index is -0.704. The van der Waals surface area contributed by atoms with Gasteiger partial charge in [0.2, 0.25) is 0 Å². The van der Waals surface area contributed by atoms with Crippen LogP contribution in [0.15, 0.2) is 41.8 Å². The predicted octanol–water partition coefficient (Wildman–Crippen LogP) is 2.85. The zero-order valence-electron chi connectivity index (χ0n) is 12.3. The Labute approximate surface area is 133 Å². The SMILES string of the molecule is C[C@@H](Cc1cccc(F)c1)NC(=O)NC[C@@H](O)c1cccs1. The van der Waals surface area contributed by atoms with Crippen LogP contribution in [0.2, 0.25) is 0 Å². The van der Waals surface area contributed by atoms with E-state index in [4.69, 9.17) is 0 Å². The number of benzene rings is 1. The van der Waals surface area contributed by atoms with Crippen molar-refractivity contribution in [2.45, 2.75) is 25.5 Å². The van der Waals surface area contributed by atoms with Crippen LogP contribution in [0.3, 0.4) is 0 Å². The van der Waals surface area contributed by atoms with Crippen molar-refractivity contribution in [2.24, 2.45) is 0 Å². The van der Waals surface area contributed by atoms with E-state index in [9.17, 15) is 14.3 Å². The molecule has 2 atom stereocenters. The van der Waals surface area contributed by atoms with Gasteiger partial charge < -0.3 is 15.7 Å². The van der Waals surface area contributed by atoms with Gasteiger partial charge in [0.15, 0.2) is 0 Å². The van der Waals surface area contributed by atoms with E-state index in [-0.39, 0.29) is 24.4 Å². The fourth-order valence-electron chi connectivity index (χ4n) is 2.11. The number of aliphatic hydroxyl groups excluding tert-OH is 1. The van der Waals surface area contributed by atoms with Crippen LogP contribution in [-0.2, 0) is 6.42 Å². The minimum absolute atomic E-state index is 0.138. The van der Waals surface area contributed by atoms with Gasteiger partial charge in [0.25, 0.3) is 0 Å². The monoisotopic (exact) mass is 322 g/mol. The lowest BCUT2D eigenvalue weighted by atomic mass is 10.1. The van der Waals surface area contributed by atoms with Crippen molar-refractivity contribution >= 4 is 17.4 Å². The molecule has 6 heteroatoms. The molecule has 0 unspecified atom stereocenters. The highest BCUT2D eigenvalue weighted by molar-refractivity contribution is 7.10. The van der Waals surface area contributed by atoms with Crippen molar-refractivity contribution in [3.8, 4) is 0 Å². The second-order valence-electron chi connectivity index (χ2n) is 5.12. The van der Waals surface area contributed by atoms with Crippen molar-refractivity contribution in [3.05, 3.63) is 58.0 Å². The van der Waals surface area contributed by atoms with Crippen molar-refractivity contribution < 1.29 is 14.3 Å². The van der Waals surface area contributed by atoms with Crippen molar-refractivity contribution in [1.82, 2.24) is 10.6 Å². The molecule has 4 nitrogen and oxygen atoms in total. The molecule has 0 saturated carbocycles. The summed E-state index contributed by atoms with van der Waals surface area (Å²) in [5, 5.41) is 17.2. The Morgan fingerprint density at radius 1 is 1.36 bits per heavy atom. The van der Waals surface area contributed by atoms with Gasteiger partial charge in [-0.15, -0.1) is 11.3 Å². The molecule has 1 heterocycles. The second-order valence-corrected chi connectivity index (χ2v) is 6.10. The topological polar surface area (TPSA) is 61.4 Å². The van der Waals surface area contributed by atoms with Gasteiger partial charge in [0.1, 0.15) is 11.9 Å². The maximum atomic E-state index is 13.1. The van der Waals surface area contributed by atoms with Crippen LogP contribution in [0.1, 0.15) is 23.5 Å². The second kappa shape index (κ2) is 7.91. The zero-order valence-corrected chi connectivity index (χ0v) is 13.1. The van der Waals surface area contributed by atoms with Gasteiger partial charge in [-0.2, -0.15) is 0 Å². The summed E-state index contributed by atoms with van der Waals surface area (Å²) in [6.07, 6.45) is -0.164. The van der Waals surface area contributed by atoms with Crippen LogP contribution < -0.4 is 10.6 Å². The van der Waals surface area contributed by atoms with Crippen molar-refractivity contribution in [2.75, 3.05) is 6.54 Å².